The second-order valence-electron chi connectivity index (χ2n) is 10.7. The van der Waals surface area contributed by atoms with Crippen molar-refractivity contribution in [3.63, 3.8) is 0 Å². The van der Waals surface area contributed by atoms with Crippen LogP contribution in [0.15, 0.2) is 47.6 Å². The van der Waals surface area contributed by atoms with Crippen molar-refractivity contribution in [1.82, 2.24) is 20.1 Å². The molecule has 0 saturated carbocycles. The Morgan fingerprint density at radius 3 is 2.57 bits per heavy atom. The molecule has 0 unspecified atom stereocenters. The molecule has 4 aromatic rings. The lowest BCUT2D eigenvalue weighted by Gasteiger charge is -2.13. The third-order valence-electron chi connectivity index (χ3n) is 7.50. The molecule has 2 aromatic carbocycles. The standard InChI is InChI=1S/C33H37N5O6S2/c1-5-44-32(41)29-23-12-7-6-8-13-26(23)46-31(29)35-28(39)19-45-33-37-36-27(38(33)22-11-9-10-20(2)16-22)18-34-30(40)21-14-15-24(42-3)25(17-21)43-4/h9-11,14-17H,5-8,12-13,18-19H2,1-4H3,(H,34,40)(H,35,39). The number of anilines is 1. The van der Waals surface area contributed by atoms with Crippen LogP contribution in [0.5, 0.6) is 11.5 Å². The summed E-state index contributed by atoms with van der Waals surface area (Å²) in [6, 6.07) is 12.7. The molecular weight excluding hydrogens is 627 g/mol. The van der Waals surface area contributed by atoms with Crippen molar-refractivity contribution < 1.29 is 28.6 Å². The predicted octanol–water partition coefficient (Wildman–Crippen LogP) is 5.76. The number of nitrogens with one attached hydrogen (secondary N) is 2. The lowest BCUT2D eigenvalue weighted by molar-refractivity contribution is -0.113. The molecule has 0 radical (unpaired) electrons. The highest BCUT2D eigenvalue weighted by atomic mass is 32.2. The van der Waals surface area contributed by atoms with Crippen molar-refractivity contribution in [1.29, 1.82) is 0 Å². The molecule has 0 spiro atoms. The second-order valence-corrected chi connectivity index (χ2v) is 12.7. The lowest BCUT2D eigenvalue weighted by Crippen LogP contribution is -2.24. The Kier molecular flexibility index (Phi) is 11.0. The summed E-state index contributed by atoms with van der Waals surface area (Å²) in [5.41, 5.74) is 3.72. The first-order chi connectivity index (χ1) is 22.3. The maximum absolute atomic E-state index is 13.3. The lowest BCUT2D eigenvalue weighted by atomic mass is 10.1. The van der Waals surface area contributed by atoms with Gasteiger partial charge in [-0.15, -0.1) is 21.5 Å². The van der Waals surface area contributed by atoms with E-state index in [0.29, 0.717) is 38.6 Å². The highest BCUT2D eigenvalue weighted by Gasteiger charge is 2.27. The van der Waals surface area contributed by atoms with Gasteiger partial charge in [0.05, 0.1) is 38.7 Å². The predicted molar refractivity (Wildman–Crippen MR) is 178 cm³/mol. The fraction of sp³-hybridized carbons (Fsp3) is 0.364. The van der Waals surface area contributed by atoms with Gasteiger partial charge in [-0.25, -0.2) is 4.79 Å². The van der Waals surface area contributed by atoms with Crippen molar-refractivity contribution in [2.24, 2.45) is 0 Å². The van der Waals surface area contributed by atoms with Gasteiger partial charge in [0.2, 0.25) is 5.91 Å². The quantitative estimate of drug-likeness (QED) is 0.110. The van der Waals surface area contributed by atoms with Gasteiger partial charge in [-0.3, -0.25) is 14.2 Å². The van der Waals surface area contributed by atoms with Gasteiger partial charge >= 0.3 is 5.97 Å². The van der Waals surface area contributed by atoms with Crippen molar-refractivity contribution in [3.05, 3.63) is 75.4 Å². The number of thiophene rings is 1. The summed E-state index contributed by atoms with van der Waals surface area (Å²) in [6.07, 6.45) is 4.87. The van der Waals surface area contributed by atoms with E-state index in [1.54, 1.807) is 25.1 Å². The van der Waals surface area contributed by atoms with Crippen LogP contribution in [0.4, 0.5) is 5.00 Å². The van der Waals surface area contributed by atoms with E-state index in [2.05, 4.69) is 20.8 Å². The minimum atomic E-state index is -0.399. The molecule has 0 fully saturated rings. The average Bonchev–Trinajstić information content (AvgIpc) is 3.54. The molecule has 0 atom stereocenters. The van der Waals surface area contributed by atoms with Crippen LogP contribution in [-0.4, -0.2) is 59.1 Å². The van der Waals surface area contributed by atoms with Gasteiger partial charge in [0.25, 0.3) is 5.91 Å². The minimum Gasteiger partial charge on any atom is -0.493 e. The molecule has 2 aromatic heterocycles. The number of fused-ring (bicyclic) bond motifs is 1. The zero-order valence-corrected chi connectivity index (χ0v) is 27.9. The molecule has 1 aliphatic carbocycles. The minimum absolute atomic E-state index is 0.0345. The Morgan fingerprint density at radius 2 is 1.80 bits per heavy atom. The van der Waals surface area contributed by atoms with Gasteiger partial charge in [-0.1, -0.05) is 30.3 Å². The fourth-order valence-electron chi connectivity index (χ4n) is 5.32. The van der Waals surface area contributed by atoms with E-state index in [0.717, 1.165) is 53.8 Å². The molecule has 0 saturated heterocycles. The van der Waals surface area contributed by atoms with Gasteiger partial charge in [0, 0.05) is 16.1 Å². The molecule has 0 bridgehead atoms. The van der Waals surface area contributed by atoms with E-state index >= 15 is 0 Å². The molecule has 2 heterocycles. The van der Waals surface area contributed by atoms with Crippen LogP contribution >= 0.6 is 23.1 Å². The molecule has 1 aliphatic rings. The van der Waals surface area contributed by atoms with Gasteiger partial charge in [0.15, 0.2) is 22.5 Å². The number of rotatable bonds is 12. The second kappa shape index (κ2) is 15.3. The Morgan fingerprint density at radius 1 is 1.00 bits per heavy atom. The Bertz CT molecular complexity index is 1730. The summed E-state index contributed by atoms with van der Waals surface area (Å²) in [7, 11) is 3.04. The van der Waals surface area contributed by atoms with Crippen LogP contribution in [0.25, 0.3) is 5.69 Å². The average molecular weight is 664 g/mol. The number of aromatic nitrogens is 3. The van der Waals surface area contributed by atoms with E-state index < -0.39 is 5.97 Å². The van der Waals surface area contributed by atoms with Crippen LogP contribution in [0.2, 0.25) is 0 Å². The van der Waals surface area contributed by atoms with E-state index in [4.69, 9.17) is 14.2 Å². The fourth-order valence-corrected chi connectivity index (χ4v) is 7.38. The van der Waals surface area contributed by atoms with Crippen LogP contribution < -0.4 is 20.1 Å². The highest BCUT2D eigenvalue weighted by molar-refractivity contribution is 7.99. The first-order valence-electron chi connectivity index (χ1n) is 15.1. The topological polar surface area (TPSA) is 134 Å². The number of hydrogen-bond acceptors (Lipinski definition) is 10. The summed E-state index contributed by atoms with van der Waals surface area (Å²) in [4.78, 5) is 40.4. The number of esters is 1. The smallest absolute Gasteiger partial charge is 0.341 e. The largest absolute Gasteiger partial charge is 0.493 e. The van der Waals surface area contributed by atoms with E-state index in [-0.39, 0.29) is 30.7 Å². The normalized spacial score (nSPS) is 12.5. The number of carbonyl (C=O) groups is 3. The maximum atomic E-state index is 13.3. The molecule has 0 aliphatic heterocycles. The van der Waals surface area contributed by atoms with Gasteiger partial charge in [-0.2, -0.15) is 0 Å². The van der Waals surface area contributed by atoms with Gasteiger partial charge in [-0.05, 0) is 81.0 Å². The number of benzene rings is 2. The summed E-state index contributed by atoms with van der Waals surface area (Å²) < 4.78 is 17.8. The molecule has 5 rings (SSSR count). The highest BCUT2D eigenvalue weighted by Crippen LogP contribution is 2.38. The number of methoxy groups -OCH3 is 2. The summed E-state index contributed by atoms with van der Waals surface area (Å²) in [5.74, 6) is 0.511. The summed E-state index contributed by atoms with van der Waals surface area (Å²) in [5, 5.41) is 15.6. The SMILES string of the molecule is CCOC(=O)c1c(NC(=O)CSc2nnc(CNC(=O)c3ccc(OC)c(OC)c3)n2-c2cccc(C)c2)sc2c1CCCCC2. The van der Waals surface area contributed by atoms with E-state index in [9.17, 15) is 14.4 Å². The molecule has 2 N–H and O–H groups in total. The number of nitrogens with zero attached hydrogens (tertiary/aromatic N) is 3. The third kappa shape index (κ3) is 7.53. The number of carbonyl (C=O) groups excluding carboxylic acids is 3. The number of hydrogen-bond donors (Lipinski definition) is 2. The molecule has 46 heavy (non-hydrogen) atoms. The first-order valence-corrected chi connectivity index (χ1v) is 16.9. The van der Waals surface area contributed by atoms with Crippen molar-refractivity contribution >= 4 is 45.9 Å². The number of aryl methyl sites for hydroxylation is 2. The third-order valence-corrected chi connectivity index (χ3v) is 9.64. The maximum Gasteiger partial charge on any atom is 0.341 e. The number of ether oxygens (including phenoxy) is 3. The number of amides is 2. The molecule has 2 amide bonds. The molecule has 11 nitrogen and oxygen atoms in total. The van der Waals surface area contributed by atoms with E-state index in [1.165, 1.54) is 37.3 Å². The summed E-state index contributed by atoms with van der Waals surface area (Å²) in [6.45, 7) is 4.11. The van der Waals surface area contributed by atoms with Crippen LogP contribution in [0.1, 0.15) is 68.7 Å². The van der Waals surface area contributed by atoms with Gasteiger partial charge in [0.1, 0.15) is 5.00 Å². The zero-order valence-electron chi connectivity index (χ0n) is 26.3. The Hall–Kier alpha value is -4.36. The van der Waals surface area contributed by atoms with Crippen molar-refractivity contribution in [2.75, 3.05) is 31.9 Å². The molecular formula is C33H37N5O6S2. The van der Waals surface area contributed by atoms with Gasteiger partial charge < -0.3 is 24.8 Å². The number of thioether (sulfide) groups is 1. The van der Waals surface area contributed by atoms with Crippen LogP contribution in [0.3, 0.4) is 0 Å². The van der Waals surface area contributed by atoms with Crippen molar-refractivity contribution in [2.45, 2.75) is 57.7 Å². The Balaban J connectivity index is 1.33. The summed E-state index contributed by atoms with van der Waals surface area (Å²) >= 11 is 2.69. The van der Waals surface area contributed by atoms with Crippen LogP contribution in [0, 0.1) is 6.92 Å². The monoisotopic (exact) mass is 663 g/mol. The molecule has 242 valence electrons. The van der Waals surface area contributed by atoms with Crippen LogP contribution in [-0.2, 0) is 28.9 Å². The molecule has 13 heteroatoms. The Labute approximate surface area is 276 Å². The first kappa shape index (κ1) is 33.0. The zero-order chi connectivity index (χ0) is 32.6. The van der Waals surface area contributed by atoms with E-state index in [1.807, 2.05) is 35.8 Å². The van der Waals surface area contributed by atoms with Crippen molar-refractivity contribution in [3.8, 4) is 17.2 Å².